The average molecular weight is 336 g/mol. The Hall–Kier alpha value is -0.580. The van der Waals surface area contributed by atoms with Crippen LogP contribution in [0.25, 0.3) is 0 Å². The van der Waals surface area contributed by atoms with Gasteiger partial charge < -0.3 is 10.6 Å². The molecule has 0 heterocycles. The Bertz CT molecular complexity index is 361. The van der Waals surface area contributed by atoms with Crippen LogP contribution in [0.3, 0.4) is 0 Å². The van der Waals surface area contributed by atoms with E-state index in [4.69, 9.17) is 0 Å². The molecule has 5 heteroatoms. The zero-order valence-electron chi connectivity index (χ0n) is 10.5. The number of hydrogen-bond acceptors (Lipinski definition) is 2. The summed E-state index contributed by atoms with van der Waals surface area (Å²) in [6.07, 6.45) is 1.54. The molecule has 1 amide bonds. The van der Waals surface area contributed by atoms with Gasteiger partial charge >= 0.3 is 0 Å². The van der Waals surface area contributed by atoms with Gasteiger partial charge in [-0.15, -0.1) is 12.4 Å². The summed E-state index contributed by atoms with van der Waals surface area (Å²) in [5.74, 6) is 0.0650. The molecular formula is C13H20BrClN2O. The fraction of sp³-hybridized carbons (Fsp3) is 0.462. The highest BCUT2D eigenvalue weighted by atomic mass is 79.9. The van der Waals surface area contributed by atoms with Crippen LogP contribution in [0, 0.1) is 0 Å². The maximum absolute atomic E-state index is 11.6. The molecule has 0 aliphatic heterocycles. The number of rotatable bonds is 7. The van der Waals surface area contributed by atoms with Gasteiger partial charge in [0, 0.05) is 17.6 Å². The van der Waals surface area contributed by atoms with Gasteiger partial charge in [0.2, 0.25) is 5.91 Å². The first-order valence-electron chi connectivity index (χ1n) is 5.95. The van der Waals surface area contributed by atoms with E-state index in [0.29, 0.717) is 13.0 Å². The third kappa shape index (κ3) is 6.99. The lowest BCUT2D eigenvalue weighted by Crippen LogP contribution is -2.33. The molecule has 0 bridgehead atoms. The lowest BCUT2D eigenvalue weighted by atomic mass is 10.1. The van der Waals surface area contributed by atoms with Crippen LogP contribution >= 0.6 is 28.3 Å². The van der Waals surface area contributed by atoms with Crippen LogP contribution in [0.1, 0.15) is 18.9 Å². The molecule has 18 heavy (non-hydrogen) atoms. The topological polar surface area (TPSA) is 41.1 Å². The van der Waals surface area contributed by atoms with Gasteiger partial charge in [0.1, 0.15) is 0 Å². The molecule has 0 atom stereocenters. The lowest BCUT2D eigenvalue weighted by Gasteiger charge is -2.07. The predicted molar refractivity (Wildman–Crippen MR) is 81.3 cm³/mol. The molecule has 3 nitrogen and oxygen atoms in total. The molecule has 0 saturated heterocycles. The molecule has 2 N–H and O–H groups in total. The molecule has 0 saturated carbocycles. The maximum atomic E-state index is 11.6. The molecule has 0 fully saturated rings. The zero-order chi connectivity index (χ0) is 12.5. The third-order valence-corrected chi connectivity index (χ3v) is 3.13. The van der Waals surface area contributed by atoms with Crippen molar-refractivity contribution < 1.29 is 4.79 Å². The minimum Gasteiger partial charge on any atom is -0.355 e. The fourth-order valence-corrected chi connectivity index (χ4v) is 1.89. The normalized spacial score (nSPS) is 9.67. The van der Waals surface area contributed by atoms with Gasteiger partial charge in [0.05, 0.1) is 6.42 Å². The maximum Gasteiger partial charge on any atom is 0.224 e. The first-order chi connectivity index (χ1) is 8.24. The number of carbonyl (C=O) groups is 1. The van der Waals surface area contributed by atoms with Gasteiger partial charge in [0.15, 0.2) is 0 Å². The van der Waals surface area contributed by atoms with Gasteiger partial charge in [0.25, 0.3) is 0 Å². The minimum atomic E-state index is 0. The van der Waals surface area contributed by atoms with Crippen LogP contribution in [0.15, 0.2) is 28.7 Å². The SMILES string of the molecule is CCCNCCNC(=O)Cc1ccccc1Br.Cl. The summed E-state index contributed by atoms with van der Waals surface area (Å²) in [7, 11) is 0. The highest BCUT2D eigenvalue weighted by Crippen LogP contribution is 2.15. The molecule has 1 aromatic rings. The van der Waals surface area contributed by atoms with E-state index in [2.05, 4.69) is 33.5 Å². The van der Waals surface area contributed by atoms with Crippen LogP contribution in [0.5, 0.6) is 0 Å². The Morgan fingerprint density at radius 1 is 1.22 bits per heavy atom. The highest BCUT2D eigenvalue weighted by molar-refractivity contribution is 9.10. The van der Waals surface area contributed by atoms with E-state index in [0.717, 1.165) is 29.5 Å². The Morgan fingerprint density at radius 2 is 1.94 bits per heavy atom. The predicted octanol–water partition coefficient (Wildman–Crippen LogP) is 2.53. The molecule has 0 aromatic heterocycles. The van der Waals surface area contributed by atoms with Crippen LogP contribution in [0.4, 0.5) is 0 Å². The van der Waals surface area contributed by atoms with E-state index in [9.17, 15) is 4.79 Å². The van der Waals surface area contributed by atoms with E-state index in [1.165, 1.54) is 0 Å². The van der Waals surface area contributed by atoms with Crippen molar-refractivity contribution in [1.82, 2.24) is 10.6 Å². The molecule has 102 valence electrons. The highest BCUT2D eigenvalue weighted by Gasteiger charge is 2.05. The van der Waals surface area contributed by atoms with Crippen molar-refractivity contribution >= 4 is 34.2 Å². The van der Waals surface area contributed by atoms with Crippen LogP contribution < -0.4 is 10.6 Å². The van der Waals surface area contributed by atoms with Crippen molar-refractivity contribution in [3.05, 3.63) is 34.3 Å². The molecule has 0 aliphatic carbocycles. The molecule has 1 aromatic carbocycles. The summed E-state index contributed by atoms with van der Waals surface area (Å²) in [5.41, 5.74) is 1.02. The largest absolute Gasteiger partial charge is 0.355 e. The summed E-state index contributed by atoms with van der Waals surface area (Å²) in [6.45, 7) is 4.64. The number of benzene rings is 1. The van der Waals surface area contributed by atoms with Crippen molar-refractivity contribution in [2.75, 3.05) is 19.6 Å². The van der Waals surface area contributed by atoms with Gasteiger partial charge in [-0.3, -0.25) is 4.79 Å². The Labute approximate surface area is 123 Å². The van der Waals surface area contributed by atoms with Crippen LogP contribution in [-0.2, 0) is 11.2 Å². The monoisotopic (exact) mass is 334 g/mol. The minimum absolute atomic E-state index is 0. The summed E-state index contributed by atoms with van der Waals surface area (Å²) in [4.78, 5) is 11.6. The summed E-state index contributed by atoms with van der Waals surface area (Å²) >= 11 is 3.43. The number of carbonyl (C=O) groups excluding carboxylic acids is 1. The Kier molecular flexibility index (Phi) is 10.0. The van der Waals surface area contributed by atoms with Crippen molar-refractivity contribution in [3.63, 3.8) is 0 Å². The van der Waals surface area contributed by atoms with E-state index in [1.807, 2.05) is 24.3 Å². The molecule has 0 radical (unpaired) electrons. The summed E-state index contributed by atoms with van der Waals surface area (Å²) in [5, 5.41) is 6.14. The Morgan fingerprint density at radius 3 is 2.61 bits per heavy atom. The first-order valence-corrected chi connectivity index (χ1v) is 6.74. The molecule has 1 rings (SSSR count). The first kappa shape index (κ1) is 17.4. The van der Waals surface area contributed by atoms with Crippen molar-refractivity contribution in [2.45, 2.75) is 19.8 Å². The fourth-order valence-electron chi connectivity index (χ4n) is 1.47. The van der Waals surface area contributed by atoms with E-state index in [-0.39, 0.29) is 18.3 Å². The molecule has 0 unspecified atom stereocenters. The lowest BCUT2D eigenvalue weighted by molar-refractivity contribution is -0.120. The molecule has 0 spiro atoms. The van der Waals surface area contributed by atoms with Crippen LogP contribution in [0.2, 0.25) is 0 Å². The van der Waals surface area contributed by atoms with Gasteiger partial charge in [-0.25, -0.2) is 0 Å². The van der Waals surface area contributed by atoms with Crippen molar-refractivity contribution in [2.24, 2.45) is 0 Å². The number of hydrogen-bond donors (Lipinski definition) is 2. The Balaban J connectivity index is 0.00000289. The van der Waals surface area contributed by atoms with E-state index >= 15 is 0 Å². The smallest absolute Gasteiger partial charge is 0.224 e. The molecule has 0 aliphatic rings. The van der Waals surface area contributed by atoms with Gasteiger partial charge in [-0.05, 0) is 24.6 Å². The summed E-state index contributed by atoms with van der Waals surface area (Å²) in [6, 6.07) is 7.79. The number of amides is 1. The van der Waals surface area contributed by atoms with Gasteiger partial charge in [-0.1, -0.05) is 41.1 Å². The second-order valence-corrected chi connectivity index (χ2v) is 4.72. The average Bonchev–Trinajstić information content (AvgIpc) is 2.32. The van der Waals surface area contributed by atoms with Crippen molar-refractivity contribution in [3.8, 4) is 0 Å². The van der Waals surface area contributed by atoms with Crippen molar-refractivity contribution in [1.29, 1.82) is 0 Å². The number of nitrogens with one attached hydrogen (secondary N) is 2. The van der Waals surface area contributed by atoms with E-state index < -0.39 is 0 Å². The summed E-state index contributed by atoms with van der Waals surface area (Å²) < 4.78 is 0.985. The standard InChI is InChI=1S/C13H19BrN2O.ClH/c1-2-7-15-8-9-16-13(17)10-11-5-3-4-6-12(11)14;/h3-6,15H,2,7-10H2,1H3,(H,16,17);1H. The molecular weight excluding hydrogens is 316 g/mol. The second-order valence-electron chi connectivity index (χ2n) is 3.87. The zero-order valence-corrected chi connectivity index (χ0v) is 12.9. The second kappa shape index (κ2) is 10.4. The van der Waals surface area contributed by atoms with Gasteiger partial charge in [-0.2, -0.15) is 0 Å². The third-order valence-electron chi connectivity index (χ3n) is 2.36. The number of halogens is 2. The quantitative estimate of drug-likeness (QED) is 0.752. The van der Waals surface area contributed by atoms with E-state index in [1.54, 1.807) is 0 Å². The van der Waals surface area contributed by atoms with Crippen LogP contribution in [-0.4, -0.2) is 25.5 Å².